The van der Waals surface area contributed by atoms with Crippen molar-refractivity contribution < 1.29 is 9.47 Å². The van der Waals surface area contributed by atoms with Crippen LogP contribution >= 0.6 is 0 Å². The van der Waals surface area contributed by atoms with E-state index >= 15 is 0 Å². The van der Waals surface area contributed by atoms with E-state index in [0.717, 1.165) is 25.1 Å². The van der Waals surface area contributed by atoms with Gasteiger partial charge in [-0.25, -0.2) is 0 Å². The highest BCUT2D eigenvalue weighted by molar-refractivity contribution is 5.29. The molecule has 0 saturated carbocycles. The molecule has 108 valence electrons. The molecule has 0 saturated heterocycles. The highest BCUT2D eigenvalue weighted by Gasteiger charge is 2.16. The predicted molar refractivity (Wildman–Crippen MR) is 79.7 cm³/mol. The fourth-order valence-corrected chi connectivity index (χ4v) is 1.98. The molecule has 0 fully saturated rings. The lowest BCUT2D eigenvalue weighted by molar-refractivity contribution is 0.0153. The van der Waals surface area contributed by atoms with Crippen LogP contribution in [0.5, 0.6) is 5.75 Å². The molecule has 1 aromatic rings. The van der Waals surface area contributed by atoms with Crippen molar-refractivity contribution >= 4 is 0 Å². The van der Waals surface area contributed by atoms with E-state index < -0.39 is 0 Å². The summed E-state index contributed by atoms with van der Waals surface area (Å²) in [5.41, 5.74) is 1.24. The maximum Gasteiger partial charge on any atom is 0.118 e. The number of hydrogen-bond acceptors (Lipinski definition) is 3. The number of hydrogen-bond donors (Lipinski definition) is 1. The third-order valence-electron chi connectivity index (χ3n) is 3.60. The lowest BCUT2D eigenvalue weighted by Gasteiger charge is -2.25. The SMILES string of the molecule is CCC(NCCC(C)(C)OC)c1ccc(OC)cc1. The molecular formula is C16H27NO2. The molecule has 0 bridgehead atoms. The molecule has 0 aliphatic carbocycles. The van der Waals surface area contributed by atoms with Crippen LogP contribution in [-0.2, 0) is 4.74 Å². The number of ether oxygens (including phenoxy) is 2. The van der Waals surface area contributed by atoms with Crippen molar-refractivity contribution in [2.75, 3.05) is 20.8 Å². The zero-order valence-corrected chi connectivity index (χ0v) is 12.8. The lowest BCUT2D eigenvalue weighted by atomic mass is 10.0. The van der Waals surface area contributed by atoms with Crippen LogP contribution in [0.1, 0.15) is 45.2 Å². The maximum absolute atomic E-state index is 5.43. The van der Waals surface area contributed by atoms with E-state index in [1.54, 1.807) is 14.2 Å². The third-order valence-corrected chi connectivity index (χ3v) is 3.60. The quantitative estimate of drug-likeness (QED) is 0.779. The normalized spacial score (nSPS) is 13.3. The first-order valence-corrected chi connectivity index (χ1v) is 6.95. The summed E-state index contributed by atoms with van der Waals surface area (Å²) in [5, 5.41) is 3.59. The van der Waals surface area contributed by atoms with Crippen molar-refractivity contribution in [3.8, 4) is 5.75 Å². The maximum atomic E-state index is 5.43. The lowest BCUT2D eigenvalue weighted by Crippen LogP contribution is -2.30. The van der Waals surface area contributed by atoms with Gasteiger partial charge in [-0.3, -0.25) is 0 Å². The second kappa shape index (κ2) is 7.51. The van der Waals surface area contributed by atoms with Crippen LogP contribution in [0.25, 0.3) is 0 Å². The summed E-state index contributed by atoms with van der Waals surface area (Å²) in [5.74, 6) is 0.902. The van der Waals surface area contributed by atoms with Gasteiger partial charge in [0, 0.05) is 13.2 Å². The molecule has 0 amide bonds. The van der Waals surface area contributed by atoms with Gasteiger partial charge in [-0.15, -0.1) is 0 Å². The van der Waals surface area contributed by atoms with E-state index in [4.69, 9.17) is 9.47 Å². The highest BCUT2D eigenvalue weighted by atomic mass is 16.5. The Bertz CT molecular complexity index is 360. The molecular weight excluding hydrogens is 238 g/mol. The van der Waals surface area contributed by atoms with E-state index in [0.29, 0.717) is 6.04 Å². The highest BCUT2D eigenvalue weighted by Crippen LogP contribution is 2.20. The third kappa shape index (κ3) is 5.21. The second-order valence-electron chi connectivity index (χ2n) is 5.40. The molecule has 19 heavy (non-hydrogen) atoms. The second-order valence-corrected chi connectivity index (χ2v) is 5.40. The van der Waals surface area contributed by atoms with E-state index in [-0.39, 0.29) is 5.60 Å². The van der Waals surface area contributed by atoms with Crippen molar-refractivity contribution in [2.45, 2.75) is 45.3 Å². The summed E-state index contributed by atoms with van der Waals surface area (Å²) in [6, 6.07) is 8.67. The van der Waals surface area contributed by atoms with Gasteiger partial charge in [0.05, 0.1) is 12.7 Å². The van der Waals surface area contributed by atoms with Crippen LogP contribution in [0.15, 0.2) is 24.3 Å². The van der Waals surface area contributed by atoms with Gasteiger partial charge in [0.2, 0.25) is 0 Å². The van der Waals surface area contributed by atoms with Gasteiger partial charge in [-0.05, 0) is 50.9 Å². The molecule has 0 radical (unpaired) electrons. The fraction of sp³-hybridized carbons (Fsp3) is 0.625. The van der Waals surface area contributed by atoms with Crippen molar-refractivity contribution in [3.63, 3.8) is 0 Å². The Balaban J connectivity index is 2.53. The Kier molecular flexibility index (Phi) is 6.32. The number of methoxy groups -OCH3 is 2. The van der Waals surface area contributed by atoms with E-state index in [1.165, 1.54) is 5.56 Å². The summed E-state index contributed by atoms with van der Waals surface area (Å²) >= 11 is 0. The smallest absolute Gasteiger partial charge is 0.118 e. The Morgan fingerprint density at radius 3 is 2.26 bits per heavy atom. The van der Waals surface area contributed by atoms with Crippen LogP contribution in [0, 0.1) is 0 Å². The first-order valence-electron chi connectivity index (χ1n) is 6.95. The standard InChI is InChI=1S/C16H27NO2/c1-6-15(17-12-11-16(2,3)19-5)13-7-9-14(18-4)10-8-13/h7-10,15,17H,6,11-12H2,1-5H3. The van der Waals surface area contributed by atoms with Gasteiger partial charge in [-0.1, -0.05) is 19.1 Å². The number of benzene rings is 1. The fourth-order valence-electron chi connectivity index (χ4n) is 1.98. The van der Waals surface area contributed by atoms with Crippen LogP contribution in [0.2, 0.25) is 0 Å². The topological polar surface area (TPSA) is 30.5 Å². The molecule has 1 unspecified atom stereocenters. The summed E-state index contributed by atoms with van der Waals surface area (Å²) in [7, 11) is 3.46. The number of rotatable bonds is 8. The summed E-state index contributed by atoms with van der Waals surface area (Å²) in [4.78, 5) is 0. The van der Waals surface area contributed by atoms with Crippen molar-refractivity contribution in [1.29, 1.82) is 0 Å². The van der Waals surface area contributed by atoms with Gasteiger partial charge < -0.3 is 14.8 Å². The monoisotopic (exact) mass is 265 g/mol. The average Bonchev–Trinajstić information content (AvgIpc) is 2.44. The van der Waals surface area contributed by atoms with Crippen molar-refractivity contribution in [3.05, 3.63) is 29.8 Å². The zero-order chi connectivity index (χ0) is 14.3. The van der Waals surface area contributed by atoms with Gasteiger partial charge in [-0.2, -0.15) is 0 Å². The minimum absolute atomic E-state index is 0.0643. The van der Waals surface area contributed by atoms with E-state index in [9.17, 15) is 0 Å². The summed E-state index contributed by atoms with van der Waals surface area (Å²) in [6.07, 6.45) is 2.07. The molecule has 0 aliphatic heterocycles. The first kappa shape index (κ1) is 16.0. The van der Waals surface area contributed by atoms with Gasteiger partial charge in [0.25, 0.3) is 0 Å². The molecule has 0 heterocycles. The molecule has 1 rings (SSSR count). The largest absolute Gasteiger partial charge is 0.497 e. The Hall–Kier alpha value is -1.06. The van der Waals surface area contributed by atoms with Crippen LogP contribution < -0.4 is 10.1 Å². The molecule has 1 atom stereocenters. The number of nitrogens with one attached hydrogen (secondary N) is 1. The Labute approximate surface area is 117 Å². The molecule has 3 heteroatoms. The summed E-state index contributed by atoms with van der Waals surface area (Å²) < 4.78 is 10.6. The van der Waals surface area contributed by atoms with Gasteiger partial charge >= 0.3 is 0 Å². The van der Waals surface area contributed by atoms with Crippen molar-refractivity contribution in [1.82, 2.24) is 5.32 Å². The molecule has 0 spiro atoms. The average molecular weight is 265 g/mol. The zero-order valence-electron chi connectivity index (χ0n) is 12.8. The Morgan fingerprint density at radius 2 is 1.79 bits per heavy atom. The van der Waals surface area contributed by atoms with Gasteiger partial charge in [0.15, 0.2) is 0 Å². The molecule has 1 N–H and O–H groups in total. The van der Waals surface area contributed by atoms with Crippen LogP contribution in [0.4, 0.5) is 0 Å². The molecule has 0 aliphatic rings. The predicted octanol–water partition coefficient (Wildman–Crippen LogP) is 3.55. The van der Waals surface area contributed by atoms with Crippen LogP contribution in [-0.4, -0.2) is 26.4 Å². The van der Waals surface area contributed by atoms with Gasteiger partial charge in [0.1, 0.15) is 5.75 Å². The summed E-state index contributed by atoms with van der Waals surface area (Å²) in [6.45, 7) is 7.38. The first-order chi connectivity index (χ1) is 9.02. The molecule has 1 aromatic carbocycles. The molecule has 0 aromatic heterocycles. The minimum Gasteiger partial charge on any atom is -0.497 e. The van der Waals surface area contributed by atoms with Crippen molar-refractivity contribution in [2.24, 2.45) is 0 Å². The van der Waals surface area contributed by atoms with E-state index in [1.807, 2.05) is 12.1 Å². The van der Waals surface area contributed by atoms with E-state index in [2.05, 4.69) is 38.2 Å². The minimum atomic E-state index is -0.0643. The molecule has 3 nitrogen and oxygen atoms in total. The Morgan fingerprint density at radius 1 is 1.16 bits per heavy atom. The van der Waals surface area contributed by atoms with Crippen LogP contribution in [0.3, 0.4) is 0 Å².